The quantitative estimate of drug-likeness (QED) is 0.206. The third-order valence-electron chi connectivity index (χ3n) is 7.50. The maximum absolute atomic E-state index is 15.2. The molecule has 3 aromatic carbocycles. The average molecular weight is 617 g/mol. The molecule has 44 heavy (non-hydrogen) atoms. The molecule has 232 valence electrons. The Bertz CT molecular complexity index is 1660. The molecule has 1 fully saturated rings. The van der Waals surface area contributed by atoms with Gasteiger partial charge in [0.1, 0.15) is 12.1 Å². The minimum Gasteiger partial charge on any atom is -0.493 e. The molecule has 1 N–H and O–H groups in total. The average Bonchev–Trinajstić information content (AvgIpc) is 3.00. The summed E-state index contributed by atoms with van der Waals surface area (Å²) in [5, 5.41) is 2.42. The van der Waals surface area contributed by atoms with E-state index in [1.54, 1.807) is 17.0 Å². The van der Waals surface area contributed by atoms with Crippen LogP contribution in [0, 0.1) is 5.92 Å². The molecule has 2 heterocycles. The van der Waals surface area contributed by atoms with E-state index in [-0.39, 0.29) is 17.3 Å². The van der Waals surface area contributed by atoms with Gasteiger partial charge in [-0.25, -0.2) is 9.97 Å². The number of halogens is 5. The third kappa shape index (κ3) is 6.31. The Hall–Kier alpha value is -4.68. The summed E-state index contributed by atoms with van der Waals surface area (Å²) in [6.45, 7) is 2.94. The minimum atomic E-state index is -4.75. The number of piperidine rings is 1. The van der Waals surface area contributed by atoms with Crippen molar-refractivity contribution < 1.29 is 41.0 Å². The van der Waals surface area contributed by atoms with E-state index in [4.69, 9.17) is 14.2 Å². The van der Waals surface area contributed by atoms with Gasteiger partial charge in [0.25, 0.3) is 5.91 Å². The van der Waals surface area contributed by atoms with E-state index in [9.17, 15) is 18.0 Å². The van der Waals surface area contributed by atoms with E-state index in [0.717, 1.165) is 25.0 Å². The Morgan fingerprint density at radius 1 is 0.909 bits per heavy atom. The summed E-state index contributed by atoms with van der Waals surface area (Å²) in [6, 6.07) is 10.8. The first kappa shape index (κ1) is 30.8. The number of aromatic nitrogens is 2. The van der Waals surface area contributed by atoms with Gasteiger partial charge in [0, 0.05) is 36.1 Å². The van der Waals surface area contributed by atoms with Crippen molar-refractivity contribution >= 4 is 28.2 Å². The SMILES string of the molecule is COc1cc2ncnc(Oc3ccc(C(F)(F)C(=O)Nc4ccc(N5CCC(C)CC5)c(C(F)(F)F)c4)cc3)c2cc1OC. The van der Waals surface area contributed by atoms with Gasteiger partial charge in [0.15, 0.2) is 11.5 Å². The van der Waals surface area contributed by atoms with Crippen LogP contribution in [0.3, 0.4) is 0 Å². The van der Waals surface area contributed by atoms with Crippen molar-refractivity contribution in [3.8, 4) is 23.1 Å². The summed E-state index contributed by atoms with van der Waals surface area (Å²) < 4.78 is 88.5. The number of carbonyl (C=O) groups excluding carboxylic acids is 1. The number of hydrogen-bond donors (Lipinski definition) is 1. The van der Waals surface area contributed by atoms with E-state index < -0.39 is 34.8 Å². The molecule has 8 nitrogen and oxygen atoms in total. The second-order valence-electron chi connectivity index (χ2n) is 10.5. The van der Waals surface area contributed by atoms with Gasteiger partial charge in [-0.2, -0.15) is 22.0 Å². The van der Waals surface area contributed by atoms with Crippen LogP contribution >= 0.6 is 0 Å². The largest absolute Gasteiger partial charge is 0.493 e. The van der Waals surface area contributed by atoms with E-state index in [2.05, 4.69) is 9.97 Å². The number of hydrogen-bond acceptors (Lipinski definition) is 7. The molecule has 0 bridgehead atoms. The van der Waals surface area contributed by atoms with Gasteiger partial charge < -0.3 is 24.4 Å². The van der Waals surface area contributed by atoms with Crippen LogP contribution in [-0.4, -0.2) is 43.2 Å². The maximum atomic E-state index is 15.2. The van der Waals surface area contributed by atoms with Gasteiger partial charge in [-0.1, -0.05) is 6.92 Å². The molecule has 0 saturated carbocycles. The molecule has 5 rings (SSSR count). The lowest BCUT2D eigenvalue weighted by atomic mass is 9.98. The van der Waals surface area contributed by atoms with Crippen molar-refractivity contribution in [3.63, 3.8) is 0 Å². The Labute approximate surface area is 249 Å². The van der Waals surface area contributed by atoms with Gasteiger partial charge in [0.05, 0.1) is 30.7 Å². The van der Waals surface area contributed by atoms with Crippen molar-refractivity contribution in [3.05, 3.63) is 72.1 Å². The summed E-state index contributed by atoms with van der Waals surface area (Å²) >= 11 is 0. The molecule has 1 amide bonds. The normalized spacial score (nSPS) is 14.4. The topological polar surface area (TPSA) is 85.8 Å². The molecule has 13 heteroatoms. The minimum absolute atomic E-state index is 0.0428. The van der Waals surface area contributed by atoms with Gasteiger partial charge >= 0.3 is 12.1 Å². The zero-order valence-electron chi connectivity index (χ0n) is 24.0. The predicted molar refractivity (Wildman–Crippen MR) is 154 cm³/mol. The fourth-order valence-corrected chi connectivity index (χ4v) is 4.99. The second-order valence-corrected chi connectivity index (χ2v) is 10.5. The van der Waals surface area contributed by atoms with Gasteiger partial charge in [0.2, 0.25) is 5.88 Å². The molecule has 1 aliphatic heterocycles. The highest BCUT2D eigenvalue weighted by Crippen LogP contribution is 2.41. The van der Waals surface area contributed by atoms with E-state index >= 15 is 8.78 Å². The monoisotopic (exact) mass is 616 g/mol. The number of fused-ring (bicyclic) bond motifs is 1. The second kappa shape index (κ2) is 12.1. The van der Waals surface area contributed by atoms with Crippen LogP contribution in [0.4, 0.5) is 33.3 Å². The molecule has 0 unspecified atom stereocenters. The smallest absolute Gasteiger partial charge is 0.418 e. The molecular formula is C31H29F5N4O4. The van der Waals surface area contributed by atoms with Crippen molar-refractivity contribution in [2.45, 2.75) is 31.9 Å². The Balaban J connectivity index is 1.33. The highest BCUT2D eigenvalue weighted by Gasteiger charge is 2.42. The molecule has 0 radical (unpaired) electrons. The number of rotatable bonds is 8. The number of methoxy groups -OCH3 is 2. The highest BCUT2D eigenvalue weighted by atomic mass is 19.4. The molecule has 4 aromatic rings. The molecule has 0 atom stereocenters. The Morgan fingerprint density at radius 3 is 2.20 bits per heavy atom. The number of benzene rings is 3. The van der Waals surface area contributed by atoms with Gasteiger partial charge in [-0.15, -0.1) is 0 Å². The maximum Gasteiger partial charge on any atom is 0.418 e. The number of amides is 1. The number of alkyl halides is 5. The van der Waals surface area contributed by atoms with Gasteiger partial charge in [-0.05, 0) is 67.3 Å². The van der Waals surface area contributed by atoms with Crippen LogP contribution < -0.4 is 24.4 Å². The summed E-state index contributed by atoms with van der Waals surface area (Å²) in [5.41, 5.74) is -1.63. The molecule has 1 aliphatic rings. The first-order valence-corrected chi connectivity index (χ1v) is 13.7. The van der Waals surface area contributed by atoms with E-state index in [1.165, 1.54) is 44.8 Å². The summed E-state index contributed by atoms with van der Waals surface area (Å²) in [6.07, 6.45) is -2.00. The van der Waals surface area contributed by atoms with E-state index in [1.807, 2.05) is 12.2 Å². The van der Waals surface area contributed by atoms with Crippen molar-refractivity contribution in [2.75, 3.05) is 37.5 Å². The number of carbonyl (C=O) groups is 1. The van der Waals surface area contributed by atoms with Crippen molar-refractivity contribution in [1.29, 1.82) is 0 Å². The molecule has 1 aromatic heterocycles. The molecule has 0 spiro atoms. The fraction of sp³-hybridized carbons (Fsp3) is 0.323. The lowest BCUT2D eigenvalue weighted by molar-refractivity contribution is -0.141. The molecule has 0 aliphatic carbocycles. The lowest BCUT2D eigenvalue weighted by Gasteiger charge is -2.34. The van der Waals surface area contributed by atoms with Crippen LogP contribution in [-0.2, 0) is 16.9 Å². The van der Waals surface area contributed by atoms with Gasteiger partial charge in [-0.3, -0.25) is 4.79 Å². The molecule has 1 saturated heterocycles. The number of nitrogens with one attached hydrogen (secondary N) is 1. The predicted octanol–water partition coefficient (Wildman–Crippen LogP) is 7.42. The lowest BCUT2D eigenvalue weighted by Crippen LogP contribution is -2.34. The third-order valence-corrected chi connectivity index (χ3v) is 7.50. The van der Waals surface area contributed by atoms with Crippen LogP contribution in [0.1, 0.15) is 30.9 Å². The first-order chi connectivity index (χ1) is 20.9. The van der Waals surface area contributed by atoms with Crippen molar-refractivity contribution in [2.24, 2.45) is 5.92 Å². The zero-order valence-corrected chi connectivity index (χ0v) is 24.0. The van der Waals surface area contributed by atoms with Crippen LogP contribution in [0.15, 0.2) is 60.9 Å². The molecular weight excluding hydrogens is 587 g/mol. The van der Waals surface area contributed by atoms with Crippen LogP contribution in [0.25, 0.3) is 10.9 Å². The van der Waals surface area contributed by atoms with E-state index in [0.29, 0.717) is 47.5 Å². The number of nitrogens with zero attached hydrogens (tertiary/aromatic N) is 3. The zero-order chi connectivity index (χ0) is 31.6. The Kier molecular flexibility index (Phi) is 8.49. The number of ether oxygens (including phenoxy) is 3. The van der Waals surface area contributed by atoms with Crippen molar-refractivity contribution in [1.82, 2.24) is 9.97 Å². The summed E-state index contributed by atoms with van der Waals surface area (Å²) in [4.78, 5) is 22.6. The van der Waals surface area contributed by atoms with Crippen LogP contribution in [0.5, 0.6) is 23.1 Å². The van der Waals surface area contributed by atoms with Crippen LogP contribution in [0.2, 0.25) is 0 Å². The number of anilines is 2. The summed E-state index contributed by atoms with van der Waals surface area (Å²) in [5.74, 6) is -4.34. The Morgan fingerprint density at radius 2 is 1.57 bits per heavy atom. The standard InChI is InChI=1S/C31H29F5N4O4/c1-18-10-12-40(13-11-18)25-9-6-20(14-23(25)31(34,35)36)39-29(41)30(32,33)19-4-7-21(8-5-19)44-28-22-15-26(42-2)27(43-3)16-24(22)37-17-38-28/h4-9,14-18H,10-13H2,1-3H3,(H,39,41). The fourth-order valence-electron chi connectivity index (χ4n) is 4.99. The highest BCUT2D eigenvalue weighted by molar-refractivity contribution is 5.97. The summed E-state index contributed by atoms with van der Waals surface area (Å²) in [7, 11) is 2.94. The first-order valence-electron chi connectivity index (χ1n) is 13.7.